The maximum absolute atomic E-state index is 12.5. The topological polar surface area (TPSA) is 92.3 Å². The molecule has 1 aliphatic heterocycles. The second kappa shape index (κ2) is 6.87. The highest BCUT2D eigenvalue weighted by atomic mass is 32.2. The molecule has 7 nitrogen and oxygen atoms in total. The summed E-state index contributed by atoms with van der Waals surface area (Å²) < 4.78 is 23.2. The number of carbonyl (C=O) groups excluding carboxylic acids is 1. The molecule has 1 aromatic heterocycles. The van der Waals surface area contributed by atoms with Gasteiger partial charge in [0.15, 0.2) is 9.84 Å². The lowest BCUT2D eigenvalue weighted by Gasteiger charge is -2.26. The highest BCUT2D eigenvalue weighted by Crippen LogP contribution is 2.19. The Morgan fingerprint density at radius 1 is 1.50 bits per heavy atom. The van der Waals surface area contributed by atoms with E-state index in [1.807, 2.05) is 6.92 Å². The van der Waals surface area contributed by atoms with Crippen LogP contribution in [0.1, 0.15) is 23.8 Å². The van der Waals surface area contributed by atoms with Crippen LogP contribution in [0.2, 0.25) is 0 Å². The number of aromatic nitrogens is 2. The van der Waals surface area contributed by atoms with Gasteiger partial charge in [-0.25, -0.2) is 18.4 Å². The maximum atomic E-state index is 12.5. The Morgan fingerprint density at radius 2 is 2.27 bits per heavy atom. The minimum Gasteiger partial charge on any atom is -0.365 e. The summed E-state index contributed by atoms with van der Waals surface area (Å²) in [7, 11) is -3.03. The molecule has 0 bridgehead atoms. The van der Waals surface area contributed by atoms with Crippen LogP contribution in [-0.4, -0.2) is 59.8 Å². The van der Waals surface area contributed by atoms with Crippen molar-refractivity contribution in [1.29, 1.82) is 0 Å². The molecule has 1 aliphatic rings. The smallest absolute Gasteiger partial charge is 0.274 e. The Balaban J connectivity index is 2.10. The van der Waals surface area contributed by atoms with Crippen LogP contribution < -0.4 is 5.32 Å². The molecule has 22 heavy (non-hydrogen) atoms. The summed E-state index contributed by atoms with van der Waals surface area (Å²) in [4.78, 5) is 22.3. The fourth-order valence-corrected chi connectivity index (χ4v) is 4.17. The molecule has 0 radical (unpaired) electrons. The second-order valence-electron chi connectivity index (χ2n) is 5.10. The number of anilines is 1. The minimum absolute atomic E-state index is 0.0268. The molecule has 0 saturated carbocycles. The molecule has 1 atom stereocenters. The fraction of sp³-hybridized carbons (Fsp3) is 0.500. The number of nitrogens with zero attached hydrogens (tertiary/aromatic N) is 3. The Morgan fingerprint density at radius 3 is 2.77 bits per heavy atom. The van der Waals surface area contributed by atoms with Crippen LogP contribution in [-0.2, 0) is 9.84 Å². The van der Waals surface area contributed by atoms with E-state index in [0.717, 1.165) is 0 Å². The van der Waals surface area contributed by atoms with Gasteiger partial charge in [-0.3, -0.25) is 4.79 Å². The third-order valence-electron chi connectivity index (χ3n) is 3.55. The zero-order chi connectivity index (χ0) is 16.2. The summed E-state index contributed by atoms with van der Waals surface area (Å²) in [6.45, 7) is 6.42. The van der Waals surface area contributed by atoms with E-state index < -0.39 is 9.84 Å². The molecule has 2 rings (SSSR count). The van der Waals surface area contributed by atoms with Gasteiger partial charge in [0.25, 0.3) is 5.91 Å². The van der Waals surface area contributed by atoms with E-state index in [2.05, 4.69) is 21.9 Å². The van der Waals surface area contributed by atoms with Crippen LogP contribution in [0.5, 0.6) is 0 Å². The van der Waals surface area contributed by atoms with Crippen LogP contribution in [0.25, 0.3) is 0 Å². The molecule has 1 amide bonds. The average molecular weight is 324 g/mol. The number of rotatable bonds is 6. The summed E-state index contributed by atoms with van der Waals surface area (Å²) in [5.74, 6) is 0.437. The average Bonchev–Trinajstić information content (AvgIpc) is 2.86. The normalized spacial score (nSPS) is 19.6. The van der Waals surface area contributed by atoms with Gasteiger partial charge in [0.2, 0.25) is 0 Å². The zero-order valence-corrected chi connectivity index (χ0v) is 13.3. The first-order chi connectivity index (χ1) is 10.5. The third-order valence-corrected chi connectivity index (χ3v) is 5.30. The van der Waals surface area contributed by atoms with Crippen LogP contribution in [0.3, 0.4) is 0 Å². The summed E-state index contributed by atoms with van der Waals surface area (Å²) in [6, 6.07) is -0.275. The van der Waals surface area contributed by atoms with Crippen molar-refractivity contribution in [2.75, 3.05) is 29.9 Å². The highest BCUT2D eigenvalue weighted by molar-refractivity contribution is 7.91. The molecule has 1 aromatic rings. The SMILES string of the molecule is C=CCNc1cnc(C(=O)N(CC)C2CCS(=O)(=O)C2)cn1. The Bertz CT molecular complexity index is 643. The van der Waals surface area contributed by atoms with E-state index >= 15 is 0 Å². The number of hydrogen-bond donors (Lipinski definition) is 1. The summed E-state index contributed by atoms with van der Waals surface area (Å²) in [5, 5.41) is 2.97. The van der Waals surface area contributed by atoms with Crippen molar-refractivity contribution in [1.82, 2.24) is 14.9 Å². The molecule has 1 fully saturated rings. The molecular formula is C14H20N4O3S. The van der Waals surface area contributed by atoms with Crippen LogP contribution in [0.4, 0.5) is 5.82 Å². The number of amides is 1. The lowest BCUT2D eigenvalue weighted by atomic mass is 10.2. The monoisotopic (exact) mass is 324 g/mol. The molecular weight excluding hydrogens is 304 g/mol. The summed E-state index contributed by atoms with van der Waals surface area (Å²) in [5.41, 5.74) is 0.218. The maximum Gasteiger partial charge on any atom is 0.274 e. The van der Waals surface area contributed by atoms with E-state index in [9.17, 15) is 13.2 Å². The van der Waals surface area contributed by atoms with Crippen molar-refractivity contribution in [3.05, 3.63) is 30.7 Å². The molecule has 8 heteroatoms. The Kier molecular flexibility index (Phi) is 5.12. The van der Waals surface area contributed by atoms with E-state index in [-0.39, 0.29) is 29.1 Å². The number of nitrogens with one attached hydrogen (secondary N) is 1. The zero-order valence-electron chi connectivity index (χ0n) is 12.5. The van der Waals surface area contributed by atoms with Crippen molar-refractivity contribution in [2.45, 2.75) is 19.4 Å². The Hall–Kier alpha value is -1.96. The van der Waals surface area contributed by atoms with Gasteiger partial charge in [0, 0.05) is 19.1 Å². The fourth-order valence-electron chi connectivity index (χ4n) is 2.44. The largest absolute Gasteiger partial charge is 0.365 e. The van der Waals surface area contributed by atoms with Gasteiger partial charge in [-0.1, -0.05) is 6.08 Å². The predicted octanol–water partition coefficient (Wildman–Crippen LogP) is 0.724. The minimum atomic E-state index is -3.03. The van der Waals surface area contributed by atoms with Gasteiger partial charge in [-0.15, -0.1) is 6.58 Å². The van der Waals surface area contributed by atoms with E-state index in [4.69, 9.17) is 0 Å². The number of carbonyl (C=O) groups is 1. The standard InChI is InChI=1S/C14H20N4O3S/c1-3-6-15-13-9-16-12(8-17-13)14(19)18(4-2)11-5-7-22(20,21)10-11/h3,8-9,11H,1,4-7,10H2,2H3,(H,15,17). The van der Waals surface area contributed by atoms with Crippen LogP contribution >= 0.6 is 0 Å². The summed E-state index contributed by atoms with van der Waals surface area (Å²) >= 11 is 0. The molecule has 2 heterocycles. The van der Waals surface area contributed by atoms with Gasteiger partial charge >= 0.3 is 0 Å². The molecule has 0 spiro atoms. The van der Waals surface area contributed by atoms with Gasteiger partial charge < -0.3 is 10.2 Å². The molecule has 120 valence electrons. The molecule has 1 saturated heterocycles. The lowest BCUT2D eigenvalue weighted by molar-refractivity contribution is 0.0702. The first-order valence-electron chi connectivity index (χ1n) is 7.15. The highest BCUT2D eigenvalue weighted by Gasteiger charge is 2.34. The molecule has 0 aromatic carbocycles. The second-order valence-corrected chi connectivity index (χ2v) is 7.33. The third kappa shape index (κ3) is 3.82. The Labute approximate surface area is 130 Å². The van der Waals surface area contributed by atoms with Crippen molar-refractivity contribution < 1.29 is 13.2 Å². The van der Waals surface area contributed by atoms with Gasteiger partial charge in [0.05, 0.1) is 23.9 Å². The molecule has 0 aliphatic carbocycles. The van der Waals surface area contributed by atoms with Crippen molar-refractivity contribution >= 4 is 21.6 Å². The van der Waals surface area contributed by atoms with E-state index in [1.165, 1.54) is 12.4 Å². The van der Waals surface area contributed by atoms with Crippen molar-refractivity contribution in [3.63, 3.8) is 0 Å². The van der Waals surface area contributed by atoms with Crippen molar-refractivity contribution in [3.8, 4) is 0 Å². The van der Waals surface area contributed by atoms with E-state index in [0.29, 0.717) is 25.3 Å². The van der Waals surface area contributed by atoms with Crippen LogP contribution in [0.15, 0.2) is 25.0 Å². The van der Waals surface area contributed by atoms with Crippen molar-refractivity contribution in [2.24, 2.45) is 0 Å². The van der Waals surface area contributed by atoms with Gasteiger partial charge in [-0.05, 0) is 13.3 Å². The van der Waals surface area contributed by atoms with Gasteiger partial charge in [-0.2, -0.15) is 0 Å². The summed E-state index contributed by atoms with van der Waals surface area (Å²) in [6.07, 6.45) is 5.06. The van der Waals surface area contributed by atoms with E-state index in [1.54, 1.807) is 11.0 Å². The quantitative estimate of drug-likeness (QED) is 0.775. The number of hydrogen-bond acceptors (Lipinski definition) is 6. The predicted molar refractivity (Wildman–Crippen MR) is 84.5 cm³/mol. The molecule has 1 unspecified atom stereocenters. The first-order valence-corrected chi connectivity index (χ1v) is 8.97. The molecule has 1 N–H and O–H groups in total. The lowest BCUT2D eigenvalue weighted by Crippen LogP contribution is -2.41. The number of sulfone groups is 1. The first kappa shape index (κ1) is 16.4. The van der Waals surface area contributed by atoms with Crippen LogP contribution in [0, 0.1) is 0 Å². The van der Waals surface area contributed by atoms with Gasteiger partial charge in [0.1, 0.15) is 11.5 Å².